The first-order valence-electron chi connectivity index (χ1n) is 8.49. The van der Waals surface area contributed by atoms with Gasteiger partial charge in [0.15, 0.2) is 12.4 Å². The van der Waals surface area contributed by atoms with Crippen molar-refractivity contribution in [3.63, 3.8) is 0 Å². The van der Waals surface area contributed by atoms with Gasteiger partial charge in [-0.15, -0.1) is 0 Å². The van der Waals surface area contributed by atoms with Crippen LogP contribution in [0.2, 0.25) is 0 Å². The van der Waals surface area contributed by atoms with Crippen LogP contribution >= 0.6 is 0 Å². The highest BCUT2D eigenvalue weighted by Crippen LogP contribution is 2.36. The number of anilines is 2. The molecule has 0 aromatic heterocycles. The van der Waals surface area contributed by atoms with Gasteiger partial charge in [0.2, 0.25) is 0 Å². The van der Waals surface area contributed by atoms with Gasteiger partial charge in [0.1, 0.15) is 17.3 Å². The van der Waals surface area contributed by atoms with Gasteiger partial charge in [-0.3, -0.25) is 9.59 Å². The third-order valence-electron chi connectivity index (χ3n) is 4.05. The van der Waals surface area contributed by atoms with E-state index < -0.39 is 5.91 Å². The minimum Gasteiger partial charge on any atom is -0.484 e. The maximum atomic E-state index is 12.9. The van der Waals surface area contributed by atoms with Crippen LogP contribution in [-0.4, -0.2) is 18.4 Å². The van der Waals surface area contributed by atoms with Crippen LogP contribution in [-0.2, 0) is 4.79 Å². The van der Waals surface area contributed by atoms with E-state index in [-0.39, 0.29) is 18.3 Å². The topological polar surface area (TPSA) is 76.7 Å². The summed E-state index contributed by atoms with van der Waals surface area (Å²) in [5.41, 5.74) is 1.30. The molecular weight excluding hydrogens is 363 g/mol. The van der Waals surface area contributed by atoms with Crippen LogP contribution in [0.3, 0.4) is 0 Å². The van der Waals surface area contributed by atoms with Crippen LogP contribution < -0.4 is 20.1 Å². The Balaban J connectivity index is 1.45. The van der Waals surface area contributed by atoms with Crippen LogP contribution in [0.15, 0.2) is 66.7 Å². The molecular formula is C21H15FN2O4. The lowest BCUT2D eigenvalue weighted by atomic mass is 10.1. The summed E-state index contributed by atoms with van der Waals surface area (Å²) in [4.78, 5) is 24.6. The summed E-state index contributed by atoms with van der Waals surface area (Å²) in [6, 6.07) is 17.3. The second-order valence-corrected chi connectivity index (χ2v) is 6.05. The van der Waals surface area contributed by atoms with Crippen LogP contribution in [0.4, 0.5) is 15.8 Å². The molecule has 1 aliphatic rings. The zero-order valence-corrected chi connectivity index (χ0v) is 14.6. The van der Waals surface area contributed by atoms with E-state index in [1.54, 1.807) is 30.3 Å². The molecule has 1 aliphatic heterocycles. The predicted molar refractivity (Wildman–Crippen MR) is 101 cm³/mol. The molecule has 2 amide bonds. The van der Waals surface area contributed by atoms with Crippen molar-refractivity contribution in [1.82, 2.24) is 0 Å². The molecule has 2 N–H and O–H groups in total. The van der Waals surface area contributed by atoms with E-state index in [0.717, 1.165) is 0 Å². The van der Waals surface area contributed by atoms with Crippen molar-refractivity contribution < 1.29 is 23.5 Å². The van der Waals surface area contributed by atoms with Gasteiger partial charge in [0.25, 0.3) is 11.8 Å². The highest BCUT2D eigenvalue weighted by Gasteiger charge is 2.21. The quantitative estimate of drug-likeness (QED) is 0.713. The molecule has 4 rings (SSSR count). The van der Waals surface area contributed by atoms with Gasteiger partial charge in [-0.25, -0.2) is 4.39 Å². The van der Waals surface area contributed by atoms with Gasteiger partial charge < -0.3 is 20.1 Å². The van der Waals surface area contributed by atoms with Gasteiger partial charge in [-0.05, 0) is 54.6 Å². The van der Waals surface area contributed by atoms with Gasteiger partial charge in [0, 0.05) is 5.69 Å². The average molecular weight is 378 g/mol. The number of para-hydroxylation sites is 2. The zero-order valence-electron chi connectivity index (χ0n) is 14.6. The fourth-order valence-corrected chi connectivity index (χ4v) is 2.72. The molecule has 0 radical (unpaired) electrons. The molecule has 0 fully saturated rings. The molecule has 28 heavy (non-hydrogen) atoms. The number of carbonyl (C=O) groups excluding carboxylic acids is 2. The van der Waals surface area contributed by atoms with Gasteiger partial charge in [-0.2, -0.15) is 0 Å². The van der Waals surface area contributed by atoms with E-state index in [2.05, 4.69) is 10.6 Å². The number of amides is 2. The number of hydrogen-bond acceptors (Lipinski definition) is 4. The molecule has 0 atom stereocenters. The van der Waals surface area contributed by atoms with Crippen molar-refractivity contribution >= 4 is 23.2 Å². The van der Waals surface area contributed by atoms with Crippen LogP contribution in [0.25, 0.3) is 0 Å². The number of carbonyl (C=O) groups is 2. The number of fused-ring (bicyclic) bond motifs is 2. The average Bonchev–Trinajstić information content (AvgIpc) is 2.83. The number of rotatable bonds is 4. The summed E-state index contributed by atoms with van der Waals surface area (Å²) >= 11 is 0. The Hall–Kier alpha value is -3.87. The van der Waals surface area contributed by atoms with Gasteiger partial charge in [0.05, 0.1) is 11.3 Å². The first kappa shape index (κ1) is 17.5. The SMILES string of the molecule is O=C(COc1ccc(F)cc1)Nc1ccc2c(c1)C(=O)Nc1ccccc1O2. The van der Waals surface area contributed by atoms with E-state index in [1.807, 2.05) is 6.07 Å². The monoisotopic (exact) mass is 378 g/mol. The summed E-state index contributed by atoms with van der Waals surface area (Å²) in [6.45, 7) is -0.253. The minimum absolute atomic E-state index is 0.253. The lowest BCUT2D eigenvalue weighted by Crippen LogP contribution is -2.20. The molecule has 0 bridgehead atoms. The van der Waals surface area contributed by atoms with E-state index >= 15 is 0 Å². The van der Waals surface area contributed by atoms with Crippen LogP contribution in [0.1, 0.15) is 10.4 Å². The van der Waals surface area contributed by atoms with E-state index in [9.17, 15) is 14.0 Å². The number of hydrogen-bond donors (Lipinski definition) is 2. The number of benzene rings is 3. The summed E-state index contributed by atoms with van der Waals surface area (Å²) in [5, 5.41) is 5.44. The van der Waals surface area contributed by atoms with E-state index in [4.69, 9.17) is 9.47 Å². The van der Waals surface area contributed by atoms with Crippen molar-refractivity contribution in [2.75, 3.05) is 17.2 Å². The molecule has 1 heterocycles. The fourth-order valence-electron chi connectivity index (χ4n) is 2.72. The Morgan fingerprint density at radius 3 is 2.64 bits per heavy atom. The largest absolute Gasteiger partial charge is 0.484 e. The molecule has 7 heteroatoms. The molecule has 0 saturated heterocycles. The lowest BCUT2D eigenvalue weighted by Gasteiger charge is -2.10. The minimum atomic E-state index is -0.414. The third kappa shape index (κ3) is 3.78. The summed E-state index contributed by atoms with van der Waals surface area (Å²) in [5.74, 6) is 0.177. The second-order valence-electron chi connectivity index (χ2n) is 6.05. The first-order chi connectivity index (χ1) is 13.6. The maximum Gasteiger partial charge on any atom is 0.262 e. The smallest absolute Gasteiger partial charge is 0.262 e. The summed E-state index contributed by atoms with van der Waals surface area (Å²) in [7, 11) is 0. The molecule has 0 aliphatic carbocycles. The fraction of sp³-hybridized carbons (Fsp3) is 0.0476. The maximum absolute atomic E-state index is 12.9. The molecule has 3 aromatic carbocycles. The highest BCUT2D eigenvalue weighted by molar-refractivity contribution is 6.09. The Bertz CT molecular complexity index is 1050. The summed E-state index contributed by atoms with van der Waals surface area (Å²) < 4.78 is 24.0. The summed E-state index contributed by atoms with van der Waals surface area (Å²) in [6.07, 6.45) is 0. The second kappa shape index (κ2) is 7.40. The van der Waals surface area contributed by atoms with Crippen LogP contribution in [0.5, 0.6) is 17.2 Å². The Morgan fingerprint density at radius 1 is 1.04 bits per heavy atom. The van der Waals surface area contributed by atoms with E-state index in [0.29, 0.717) is 34.2 Å². The van der Waals surface area contributed by atoms with Crippen molar-refractivity contribution in [2.24, 2.45) is 0 Å². The van der Waals surface area contributed by atoms with E-state index in [1.165, 1.54) is 30.3 Å². The van der Waals surface area contributed by atoms with Crippen molar-refractivity contribution in [3.05, 3.63) is 78.1 Å². The number of nitrogens with one attached hydrogen (secondary N) is 2. The van der Waals surface area contributed by atoms with Crippen molar-refractivity contribution in [3.8, 4) is 17.2 Å². The molecule has 6 nitrogen and oxygen atoms in total. The Morgan fingerprint density at radius 2 is 1.82 bits per heavy atom. The molecule has 140 valence electrons. The molecule has 0 spiro atoms. The van der Waals surface area contributed by atoms with Crippen molar-refractivity contribution in [2.45, 2.75) is 0 Å². The molecule has 0 saturated carbocycles. The van der Waals surface area contributed by atoms with Gasteiger partial charge in [-0.1, -0.05) is 12.1 Å². The third-order valence-corrected chi connectivity index (χ3v) is 4.05. The Labute approximate surface area is 159 Å². The molecule has 3 aromatic rings. The Kier molecular flexibility index (Phi) is 4.63. The number of halogens is 1. The highest BCUT2D eigenvalue weighted by atomic mass is 19.1. The van der Waals surface area contributed by atoms with Gasteiger partial charge >= 0.3 is 0 Å². The zero-order chi connectivity index (χ0) is 19.5. The molecule has 0 unspecified atom stereocenters. The van der Waals surface area contributed by atoms with Crippen molar-refractivity contribution in [1.29, 1.82) is 0 Å². The van der Waals surface area contributed by atoms with Crippen LogP contribution in [0, 0.1) is 5.82 Å². The lowest BCUT2D eigenvalue weighted by molar-refractivity contribution is -0.118. The first-order valence-corrected chi connectivity index (χ1v) is 8.49. The standard InChI is InChI=1S/C21H15FN2O4/c22-13-5-8-15(9-6-13)27-12-20(25)23-14-7-10-18-16(11-14)21(26)24-17-3-1-2-4-19(17)28-18/h1-11H,12H2,(H,23,25)(H,24,26). The normalized spacial score (nSPS) is 12.0. The number of ether oxygens (including phenoxy) is 2. The predicted octanol–water partition coefficient (Wildman–Crippen LogP) is 4.20.